The van der Waals surface area contributed by atoms with Crippen LogP contribution in [0.3, 0.4) is 0 Å². The summed E-state index contributed by atoms with van der Waals surface area (Å²) in [7, 11) is -1.53. The summed E-state index contributed by atoms with van der Waals surface area (Å²) >= 11 is 5.51. The lowest BCUT2D eigenvalue weighted by Gasteiger charge is -2.02. The van der Waals surface area contributed by atoms with Crippen molar-refractivity contribution in [3.8, 4) is 5.75 Å². The Balaban J connectivity index is 2.82. The second-order valence-electron chi connectivity index (χ2n) is 2.87. The number of aromatic hydroxyl groups is 1. The molecule has 1 heterocycles. The first-order valence-electron chi connectivity index (χ1n) is 3.89. The van der Waals surface area contributed by atoms with E-state index in [-0.39, 0.29) is 5.75 Å². The van der Waals surface area contributed by atoms with E-state index in [1.165, 1.54) is 17.4 Å². The summed E-state index contributed by atoms with van der Waals surface area (Å²) in [5, 5.41) is 29.8. The van der Waals surface area contributed by atoms with Crippen LogP contribution in [-0.2, 0) is 0 Å². The van der Waals surface area contributed by atoms with Crippen LogP contribution >= 0.6 is 24.0 Å². The van der Waals surface area contributed by atoms with Crippen LogP contribution in [0.25, 0.3) is 10.1 Å². The van der Waals surface area contributed by atoms with Crippen LogP contribution in [0.2, 0.25) is 0 Å². The van der Waals surface area contributed by atoms with E-state index in [4.69, 9.17) is 10.0 Å². The Morgan fingerprint density at radius 3 is 2.64 bits per heavy atom. The van der Waals surface area contributed by atoms with Crippen molar-refractivity contribution in [1.82, 2.24) is 0 Å². The maximum absolute atomic E-state index is 9.41. The van der Waals surface area contributed by atoms with Crippen LogP contribution < -0.4 is 5.46 Å². The Labute approximate surface area is 90.2 Å². The number of hydrogen-bond donors (Lipinski definition) is 4. The van der Waals surface area contributed by atoms with Crippen molar-refractivity contribution in [2.75, 3.05) is 0 Å². The molecule has 0 aliphatic heterocycles. The van der Waals surface area contributed by atoms with Gasteiger partial charge in [-0.3, -0.25) is 0 Å². The van der Waals surface area contributed by atoms with Crippen molar-refractivity contribution in [1.29, 1.82) is 0 Å². The van der Waals surface area contributed by atoms with E-state index in [2.05, 4.69) is 12.6 Å². The summed E-state index contributed by atoms with van der Waals surface area (Å²) in [5.74, 6) is 0.0427. The predicted octanol–water partition coefficient (Wildman–Crippen LogP) is 0.575. The largest absolute Gasteiger partial charge is 0.507 e. The van der Waals surface area contributed by atoms with Gasteiger partial charge in [-0.2, -0.15) is 0 Å². The summed E-state index contributed by atoms with van der Waals surface area (Å²) in [5.41, 5.74) is 0.380. The van der Waals surface area contributed by atoms with E-state index < -0.39 is 7.12 Å². The van der Waals surface area contributed by atoms with E-state index in [0.717, 1.165) is 4.70 Å². The molecule has 6 heteroatoms. The van der Waals surface area contributed by atoms with Gasteiger partial charge in [-0.05, 0) is 17.5 Å². The first-order chi connectivity index (χ1) is 6.61. The fourth-order valence-corrected chi connectivity index (χ4v) is 2.69. The van der Waals surface area contributed by atoms with E-state index in [1.54, 1.807) is 11.4 Å². The van der Waals surface area contributed by atoms with E-state index in [9.17, 15) is 5.11 Å². The van der Waals surface area contributed by atoms with Crippen LogP contribution in [0.4, 0.5) is 0 Å². The van der Waals surface area contributed by atoms with Gasteiger partial charge in [0.05, 0.1) is 4.90 Å². The molecule has 1 aromatic carbocycles. The number of benzene rings is 1. The summed E-state index contributed by atoms with van der Waals surface area (Å²) in [6.07, 6.45) is 0. The van der Waals surface area contributed by atoms with Crippen molar-refractivity contribution in [3.05, 3.63) is 17.5 Å². The van der Waals surface area contributed by atoms with Crippen molar-refractivity contribution < 1.29 is 15.2 Å². The molecule has 0 amide bonds. The number of phenols is 1. The number of thiophene rings is 1. The van der Waals surface area contributed by atoms with Gasteiger partial charge in [0.15, 0.2) is 0 Å². The molecule has 0 unspecified atom stereocenters. The molecule has 1 aromatic heterocycles. The molecule has 0 aliphatic carbocycles. The normalized spacial score (nSPS) is 10.8. The van der Waals surface area contributed by atoms with Crippen LogP contribution in [0.1, 0.15) is 0 Å². The van der Waals surface area contributed by atoms with Gasteiger partial charge in [0, 0.05) is 15.5 Å². The zero-order chi connectivity index (χ0) is 10.3. The molecule has 0 saturated carbocycles. The highest BCUT2D eigenvalue weighted by atomic mass is 32.1. The first-order valence-corrected chi connectivity index (χ1v) is 5.22. The van der Waals surface area contributed by atoms with Gasteiger partial charge >= 0.3 is 7.12 Å². The zero-order valence-electron chi connectivity index (χ0n) is 7.01. The Morgan fingerprint density at radius 2 is 2.00 bits per heavy atom. The predicted molar refractivity (Wildman–Crippen MR) is 60.6 cm³/mol. The Bertz CT molecular complexity index is 481. The van der Waals surface area contributed by atoms with Crippen LogP contribution in [0.5, 0.6) is 5.75 Å². The quantitative estimate of drug-likeness (QED) is 0.425. The minimum Gasteiger partial charge on any atom is -0.507 e. The fourth-order valence-electron chi connectivity index (χ4n) is 1.31. The standard InChI is InChI=1S/C8H7BO3S2/c10-5-1-2-6-7(8(5)13)4(3-14-6)9(11)12/h1-3,10-13H. The Morgan fingerprint density at radius 1 is 1.29 bits per heavy atom. The van der Waals surface area contributed by atoms with E-state index in [1.807, 2.05) is 0 Å². The number of phenolic OH excluding ortho intramolecular Hbond substituents is 1. The lowest BCUT2D eigenvalue weighted by atomic mass is 9.80. The average molecular weight is 226 g/mol. The van der Waals surface area contributed by atoms with Crippen molar-refractivity contribution in [2.45, 2.75) is 4.90 Å². The molecular weight excluding hydrogens is 219 g/mol. The summed E-state index contributed by atoms with van der Waals surface area (Å²) in [6.45, 7) is 0. The molecule has 0 aliphatic rings. The molecule has 0 atom stereocenters. The minimum atomic E-state index is -1.53. The molecule has 0 radical (unpaired) electrons. The number of hydrogen-bond acceptors (Lipinski definition) is 5. The first kappa shape index (κ1) is 9.85. The molecule has 0 fully saturated rings. The molecule has 2 aromatic rings. The zero-order valence-corrected chi connectivity index (χ0v) is 8.72. The van der Waals surface area contributed by atoms with Gasteiger partial charge < -0.3 is 15.2 Å². The smallest absolute Gasteiger partial charge is 0.489 e. The molecule has 3 N–H and O–H groups in total. The maximum Gasteiger partial charge on any atom is 0.489 e. The summed E-state index contributed by atoms with van der Waals surface area (Å²) < 4.78 is 0.871. The SMILES string of the molecule is OB(O)c1csc2ccc(O)c(S)c12. The monoisotopic (exact) mass is 226 g/mol. The molecule has 72 valence electrons. The highest BCUT2D eigenvalue weighted by Gasteiger charge is 2.19. The average Bonchev–Trinajstić information content (AvgIpc) is 2.55. The third-order valence-corrected chi connectivity index (χ3v) is 3.42. The van der Waals surface area contributed by atoms with Gasteiger partial charge in [0.2, 0.25) is 0 Å². The highest BCUT2D eigenvalue weighted by Crippen LogP contribution is 2.32. The van der Waals surface area contributed by atoms with Gasteiger partial charge in [0.25, 0.3) is 0 Å². The summed E-state index contributed by atoms with van der Waals surface area (Å²) in [4.78, 5) is 0.381. The number of fused-ring (bicyclic) bond motifs is 1. The van der Waals surface area contributed by atoms with Crippen LogP contribution in [0, 0.1) is 0 Å². The Kier molecular flexibility index (Phi) is 2.44. The van der Waals surface area contributed by atoms with Crippen LogP contribution in [0.15, 0.2) is 22.4 Å². The van der Waals surface area contributed by atoms with E-state index >= 15 is 0 Å². The summed E-state index contributed by atoms with van der Waals surface area (Å²) in [6, 6.07) is 3.26. The minimum absolute atomic E-state index is 0.0427. The van der Waals surface area contributed by atoms with Crippen molar-refractivity contribution >= 4 is 46.6 Å². The molecule has 2 rings (SSSR count). The van der Waals surface area contributed by atoms with Crippen molar-refractivity contribution in [3.63, 3.8) is 0 Å². The molecular formula is C8H7BO3S2. The van der Waals surface area contributed by atoms with E-state index in [0.29, 0.717) is 15.7 Å². The van der Waals surface area contributed by atoms with Gasteiger partial charge in [-0.15, -0.1) is 24.0 Å². The van der Waals surface area contributed by atoms with Gasteiger partial charge in [0.1, 0.15) is 5.75 Å². The topological polar surface area (TPSA) is 60.7 Å². The third-order valence-electron chi connectivity index (χ3n) is 2.00. The Hall–Kier alpha value is -0.685. The maximum atomic E-state index is 9.41. The molecule has 0 bridgehead atoms. The molecule has 0 spiro atoms. The molecule has 14 heavy (non-hydrogen) atoms. The number of rotatable bonds is 1. The second kappa shape index (κ2) is 3.47. The lowest BCUT2D eigenvalue weighted by molar-refractivity contribution is 0.426. The van der Waals surface area contributed by atoms with Crippen molar-refractivity contribution in [2.24, 2.45) is 0 Å². The molecule has 0 saturated heterocycles. The molecule has 3 nitrogen and oxygen atoms in total. The fraction of sp³-hybridized carbons (Fsp3) is 0. The number of thiol groups is 1. The second-order valence-corrected chi connectivity index (χ2v) is 4.23. The van der Waals surface area contributed by atoms with Crippen LogP contribution in [-0.4, -0.2) is 22.3 Å². The third kappa shape index (κ3) is 1.40. The highest BCUT2D eigenvalue weighted by molar-refractivity contribution is 7.80. The van der Waals surface area contributed by atoms with Gasteiger partial charge in [-0.25, -0.2) is 0 Å². The van der Waals surface area contributed by atoms with Gasteiger partial charge in [-0.1, -0.05) is 0 Å². The lowest BCUT2D eigenvalue weighted by Crippen LogP contribution is -2.28.